The number of rotatable bonds is 2. The maximum atomic E-state index is 12.3. The molecule has 92 valence electrons. The lowest BCUT2D eigenvalue weighted by atomic mass is 10.0. The van der Waals surface area contributed by atoms with E-state index in [4.69, 9.17) is 10.8 Å². The number of aliphatic hydroxyl groups is 1. The number of hydrogen-bond donors (Lipinski definition) is 3. The lowest BCUT2D eigenvalue weighted by Crippen LogP contribution is -2.38. The molecule has 0 aliphatic carbocycles. The molecule has 0 amide bonds. The van der Waals surface area contributed by atoms with Gasteiger partial charge < -0.3 is 15.8 Å². The molecule has 0 radical (unpaired) electrons. The van der Waals surface area contributed by atoms with Crippen LogP contribution in [0.2, 0.25) is 0 Å². The molecular formula is C11H11F3N2O. The predicted octanol–water partition coefficient (Wildman–Crippen LogP) is 2.09. The van der Waals surface area contributed by atoms with Crippen molar-refractivity contribution in [2.24, 2.45) is 5.73 Å². The van der Waals surface area contributed by atoms with Crippen LogP contribution < -0.4 is 5.73 Å². The summed E-state index contributed by atoms with van der Waals surface area (Å²) in [6.45, 7) is 0. The second-order valence-electron chi connectivity index (χ2n) is 3.84. The van der Waals surface area contributed by atoms with Gasteiger partial charge in [0, 0.05) is 11.7 Å². The standard InChI is InChI=1S/C11H11F3N2O/c12-11(13,14)10(17)9(15)7-2-1-6-3-4-16-8(6)5-7/h1-5,9-10,16-17H,15H2/t9-,10-/m1/s1. The van der Waals surface area contributed by atoms with Crippen molar-refractivity contribution < 1.29 is 18.3 Å². The van der Waals surface area contributed by atoms with E-state index in [2.05, 4.69) is 4.98 Å². The number of aromatic amines is 1. The molecule has 1 heterocycles. The molecule has 0 saturated heterocycles. The van der Waals surface area contributed by atoms with Crippen molar-refractivity contribution in [2.45, 2.75) is 18.3 Å². The second-order valence-corrected chi connectivity index (χ2v) is 3.84. The van der Waals surface area contributed by atoms with Crippen LogP contribution in [-0.2, 0) is 0 Å². The molecule has 1 aromatic carbocycles. The summed E-state index contributed by atoms with van der Waals surface area (Å²) in [6, 6.07) is 4.96. The summed E-state index contributed by atoms with van der Waals surface area (Å²) in [5.41, 5.74) is 6.33. The molecule has 0 bridgehead atoms. The first-order valence-electron chi connectivity index (χ1n) is 4.97. The van der Waals surface area contributed by atoms with E-state index in [-0.39, 0.29) is 5.56 Å². The fourth-order valence-electron chi connectivity index (χ4n) is 1.66. The number of nitrogens with one attached hydrogen (secondary N) is 1. The molecule has 0 fully saturated rings. The smallest absolute Gasteiger partial charge is 0.382 e. The summed E-state index contributed by atoms with van der Waals surface area (Å²) >= 11 is 0. The van der Waals surface area contributed by atoms with Crippen LogP contribution in [0.3, 0.4) is 0 Å². The predicted molar refractivity (Wildman–Crippen MR) is 57.3 cm³/mol. The number of benzene rings is 1. The van der Waals surface area contributed by atoms with Crippen molar-refractivity contribution >= 4 is 10.9 Å². The molecular weight excluding hydrogens is 233 g/mol. The van der Waals surface area contributed by atoms with E-state index in [1.54, 1.807) is 18.3 Å². The molecule has 0 aliphatic heterocycles. The maximum absolute atomic E-state index is 12.3. The third kappa shape index (κ3) is 2.27. The SMILES string of the molecule is N[C@H](c1ccc2cc[nH]c2c1)[C@@H](O)C(F)(F)F. The lowest BCUT2D eigenvalue weighted by Gasteiger charge is -2.21. The number of aliphatic hydroxyl groups excluding tert-OH is 1. The van der Waals surface area contributed by atoms with Crippen LogP contribution in [0, 0.1) is 0 Å². The van der Waals surface area contributed by atoms with Gasteiger partial charge in [-0.3, -0.25) is 0 Å². The third-order valence-electron chi connectivity index (χ3n) is 2.64. The van der Waals surface area contributed by atoms with E-state index in [9.17, 15) is 13.2 Å². The number of fused-ring (bicyclic) bond motifs is 1. The zero-order valence-corrected chi connectivity index (χ0v) is 8.70. The van der Waals surface area contributed by atoms with E-state index in [0.717, 1.165) is 5.39 Å². The van der Waals surface area contributed by atoms with Crippen LogP contribution in [0.25, 0.3) is 10.9 Å². The van der Waals surface area contributed by atoms with Gasteiger partial charge in [-0.25, -0.2) is 0 Å². The summed E-state index contributed by atoms with van der Waals surface area (Å²) in [7, 11) is 0. The van der Waals surface area contributed by atoms with Gasteiger partial charge in [-0.2, -0.15) is 13.2 Å². The quantitative estimate of drug-likeness (QED) is 0.757. The maximum Gasteiger partial charge on any atom is 0.416 e. The molecule has 2 rings (SSSR count). The number of hydrogen-bond acceptors (Lipinski definition) is 2. The lowest BCUT2D eigenvalue weighted by molar-refractivity contribution is -0.210. The van der Waals surface area contributed by atoms with Crippen LogP contribution in [0.4, 0.5) is 13.2 Å². The Labute approximate surface area is 95.0 Å². The Morgan fingerprint density at radius 1 is 1.24 bits per heavy atom. The first kappa shape index (κ1) is 11.9. The Kier molecular flexibility index (Phi) is 2.84. The highest BCUT2D eigenvalue weighted by Gasteiger charge is 2.42. The first-order valence-corrected chi connectivity index (χ1v) is 4.97. The van der Waals surface area contributed by atoms with E-state index in [0.29, 0.717) is 5.52 Å². The zero-order chi connectivity index (χ0) is 12.6. The molecule has 4 N–H and O–H groups in total. The van der Waals surface area contributed by atoms with Gasteiger partial charge in [0.1, 0.15) is 0 Å². The van der Waals surface area contributed by atoms with Crippen molar-refractivity contribution in [2.75, 3.05) is 0 Å². The van der Waals surface area contributed by atoms with Crippen molar-refractivity contribution in [3.8, 4) is 0 Å². The van der Waals surface area contributed by atoms with Crippen LogP contribution in [0.1, 0.15) is 11.6 Å². The van der Waals surface area contributed by atoms with Crippen molar-refractivity contribution in [1.29, 1.82) is 0 Å². The number of halogens is 3. The summed E-state index contributed by atoms with van der Waals surface area (Å²) in [6.07, 6.45) is -5.60. The Bertz CT molecular complexity index is 521. The molecule has 0 aliphatic rings. The van der Waals surface area contributed by atoms with Crippen molar-refractivity contribution in [1.82, 2.24) is 4.98 Å². The van der Waals surface area contributed by atoms with Gasteiger partial charge in [-0.1, -0.05) is 12.1 Å². The molecule has 17 heavy (non-hydrogen) atoms. The van der Waals surface area contributed by atoms with Crippen molar-refractivity contribution in [3.05, 3.63) is 36.0 Å². The average molecular weight is 244 g/mol. The molecule has 0 saturated carbocycles. The fraction of sp³-hybridized carbons (Fsp3) is 0.273. The Hall–Kier alpha value is -1.53. The highest BCUT2D eigenvalue weighted by molar-refractivity contribution is 5.80. The summed E-state index contributed by atoms with van der Waals surface area (Å²) in [4.78, 5) is 2.87. The minimum atomic E-state index is -4.72. The summed E-state index contributed by atoms with van der Waals surface area (Å²) < 4.78 is 36.9. The average Bonchev–Trinajstić information content (AvgIpc) is 2.72. The molecule has 0 spiro atoms. The Morgan fingerprint density at radius 2 is 1.94 bits per heavy atom. The molecule has 6 heteroatoms. The molecule has 2 aromatic rings. The summed E-state index contributed by atoms with van der Waals surface area (Å²) in [5.74, 6) is 0. The van der Waals surface area contributed by atoms with E-state index in [1.165, 1.54) is 12.1 Å². The highest BCUT2D eigenvalue weighted by Crippen LogP contribution is 2.29. The Morgan fingerprint density at radius 3 is 2.59 bits per heavy atom. The zero-order valence-electron chi connectivity index (χ0n) is 8.70. The summed E-state index contributed by atoms with van der Waals surface area (Å²) in [5, 5.41) is 9.95. The molecule has 2 atom stereocenters. The fourth-order valence-corrected chi connectivity index (χ4v) is 1.66. The van der Waals surface area contributed by atoms with Gasteiger partial charge in [-0.15, -0.1) is 0 Å². The van der Waals surface area contributed by atoms with Crippen LogP contribution in [0.15, 0.2) is 30.5 Å². The van der Waals surface area contributed by atoms with Gasteiger partial charge >= 0.3 is 6.18 Å². The topological polar surface area (TPSA) is 62.0 Å². The van der Waals surface area contributed by atoms with Crippen LogP contribution in [-0.4, -0.2) is 22.4 Å². The molecule has 0 unspecified atom stereocenters. The number of H-pyrrole nitrogens is 1. The van der Waals surface area contributed by atoms with E-state index in [1.807, 2.05) is 0 Å². The largest absolute Gasteiger partial charge is 0.416 e. The number of alkyl halides is 3. The third-order valence-corrected chi connectivity index (χ3v) is 2.64. The van der Waals surface area contributed by atoms with Crippen LogP contribution >= 0.6 is 0 Å². The normalized spacial score (nSPS) is 16.1. The highest BCUT2D eigenvalue weighted by atomic mass is 19.4. The minimum absolute atomic E-state index is 0.241. The Balaban J connectivity index is 2.32. The minimum Gasteiger partial charge on any atom is -0.382 e. The van der Waals surface area contributed by atoms with Gasteiger partial charge in [-0.05, 0) is 23.1 Å². The van der Waals surface area contributed by atoms with Gasteiger partial charge in [0.2, 0.25) is 0 Å². The second kappa shape index (κ2) is 4.05. The first-order chi connectivity index (χ1) is 7.89. The number of aromatic nitrogens is 1. The molecule has 1 aromatic heterocycles. The van der Waals surface area contributed by atoms with Gasteiger partial charge in [0.05, 0.1) is 6.04 Å². The van der Waals surface area contributed by atoms with Crippen LogP contribution in [0.5, 0.6) is 0 Å². The molecule has 3 nitrogen and oxygen atoms in total. The van der Waals surface area contributed by atoms with Gasteiger partial charge in [0.15, 0.2) is 6.10 Å². The number of nitrogens with two attached hydrogens (primary N) is 1. The van der Waals surface area contributed by atoms with E-state index >= 15 is 0 Å². The monoisotopic (exact) mass is 244 g/mol. The van der Waals surface area contributed by atoms with Crippen molar-refractivity contribution in [3.63, 3.8) is 0 Å². The van der Waals surface area contributed by atoms with E-state index < -0.39 is 18.3 Å². The van der Waals surface area contributed by atoms with Gasteiger partial charge in [0.25, 0.3) is 0 Å².